The van der Waals surface area contributed by atoms with Crippen LogP contribution >= 0.6 is 11.6 Å². The molecule has 0 bridgehead atoms. The Balaban J connectivity index is 2.32. The molecule has 0 aromatic heterocycles. The summed E-state index contributed by atoms with van der Waals surface area (Å²) in [7, 11) is -1.23. The van der Waals surface area contributed by atoms with Gasteiger partial charge in [0.1, 0.15) is 5.75 Å². The Labute approximate surface area is 115 Å². The molecule has 0 amide bonds. The molecule has 0 saturated heterocycles. The standard InChI is InChI=1S/C13H17ClO3S/c1-2-3-8-17-13(15)10-18(16)9-11-4-6-12(14)7-5-11/h4-7H,2-3,8-10H2,1H3. The lowest BCUT2D eigenvalue weighted by Crippen LogP contribution is -2.15. The number of ether oxygens (including phenoxy) is 1. The minimum Gasteiger partial charge on any atom is -0.465 e. The maximum Gasteiger partial charge on any atom is 0.318 e. The van der Waals surface area contributed by atoms with Crippen molar-refractivity contribution in [3.8, 4) is 0 Å². The molecule has 0 saturated carbocycles. The summed E-state index contributed by atoms with van der Waals surface area (Å²) in [5.41, 5.74) is 0.902. The van der Waals surface area contributed by atoms with Gasteiger partial charge in [-0.2, -0.15) is 0 Å². The maximum absolute atomic E-state index is 11.7. The van der Waals surface area contributed by atoms with Gasteiger partial charge in [-0.1, -0.05) is 37.1 Å². The van der Waals surface area contributed by atoms with Crippen LogP contribution in [0.2, 0.25) is 5.02 Å². The average Bonchev–Trinajstić information content (AvgIpc) is 2.32. The van der Waals surface area contributed by atoms with Crippen LogP contribution in [0.4, 0.5) is 0 Å². The number of carbonyl (C=O) groups is 1. The van der Waals surface area contributed by atoms with Gasteiger partial charge in [-0.3, -0.25) is 9.00 Å². The Morgan fingerprint density at radius 3 is 2.61 bits per heavy atom. The Bertz CT molecular complexity index is 403. The SMILES string of the molecule is CCCCOC(=O)CS(=O)Cc1ccc(Cl)cc1. The maximum atomic E-state index is 11.7. The highest BCUT2D eigenvalue weighted by atomic mass is 35.5. The van der Waals surface area contributed by atoms with Gasteiger partial charge in [-0.15, -0.1) is 0 Å². The smallest absolute Gasteiger partial charge is 0.318 e. The van der Waals surface area contributed by atoms with Crippen molar-refractivity contribution in [1.29, 1.82) is 0 Å². The summed E-state index contributed by atoms with van der Waals surface area (Å²) in [4.78, 5) is 11.3. The van der Waals surface area contributed by atoms with E-state index >= 15 is 0 Å². The first-order valence-corrected chi connectivity index (χ1v) is 7.73. The van der Waals surface area contributed by atoms with Crippen LogP contribution in [0.5, 0.6) is 0 Å². The summed E-state index contributed by atoms with van der Waals surface area (Å²) in [6.45, 7) is 2.43. The minimum atomic E-state index is -1.23. The lowest BCUT2D eigenvalue weighted by Gasteiger charge is -2.04. The Morgan fingerprint density at radius 1 is 1.33 bits per heavy atom. The molecule has 18 heavy (non-hydrogen) atoms. The summed E-state index contributed by atoms with van der Waals surface area (Å²) in [5, 5.41) is 0.642. The zero-order valence-corrected chi connectivity index (χ0v) is 11.9. The van der Waals surface area contributed by atoms with Crippen LogP contribution in [0.15, 0.2) is 24.3 Å². The number of halogens is 1. The fraction of sp³-hybridized carbons (Fsp3) is 0.462. The van der Waals surface area contributed by atoms with Crippen LogP contribution in [0.1, 0.15) is 25.3 Å². The van der Waals surface area contributed by atoms with E-state index in [0.29, 0.717) is 17.4 Å². The highest BCUT2D eigenvalue weighted by molar-refractivity contribution is 7.84. The van der Waals surface area contributed by atoms with E-state index in [1.807, 2.05) is 19.1 Å². The molecule has 5 heteroatoms. The zero-order chi connectivity index (χ0) is 13.4. The summed E-state index contributed by atoms with van der Waals surface area (Å²) in [6, 6.07) is 7.10. The van der Waals surface area contributed by atoms with Crippen molar-refractivity contribution in [3.05, 3.63) is 34.9 Å². The van der Waals surface area contributed by atoms with Crippen LogP contribution in [0.25, 0.3) is 0 Å². The largest absolute Gasteiger partial charge is 0.465 e. The lowest BCUT2D eigenvalue weighted by atomic mass is 10.2. The highest BCUT2D eigenvalue weighted by Gasteiger charge is 2.09. The Kier molecular flexibility index (Phi) is 6.98. The van der Waals surface area contributed by atoms with Gasteiger partial charge in [0.15, 0.2) is 0 Å². The molecule has 0 aliphatic rings. The predicted molar refractivity (Wildman–Crippen MR) is 74.0 cm³/mol. The summed E-state index contributed by atoms with van der Waals surface area (Å²) < 4.78 is 16.7. The van der Waals surface area contributed by atoms with Crippen molar-refractivity contribution in [2.75, 3.05) is 12.4 Å². The predicted octanol–water partition coefficient (Wildman–Crippen LogP) is 2.93. The topological polar surface area (TPSA) is 43.4 Å². The molecule has 1 aromatic rings. The average molecular weight is 289 g/mol. The van der Waals surface area contributed by atoms with Crippen LogP contribution in [0, 0.1) is 0 Å². The second kappa shape index (κ2) is 8.27. The van der Waals surface area contributed by atoms with Crippen molar-refractivity contribution >= 4 is 28.4 Å². The number of unbranched alkanes of at least 4 members (excludes halogenated alkanes) is 1. The molecule has 0 fully saturated rings. The van der Waals surface area contributed by atoms with Crippen molar-refractivity contribution in [2.24, 2.45) is 0 Å². The van der Waals surface area contributed by atoms with E-state index in [1.165, 1.54) is 0 Å². The van der Waals surface area contributed by atoms with Gasteiger partial charge in [0.2, 0.25) is 0 Å². The van der Waals surface area contributed by atoms with Crippen molar-refractivity contribution in [3.63, 3.8) is 0 Å². The second-order valence-electron chi connectivity index (χ2n) is 3.93. The molecule has 0 spiro atoms. The van der Waals surface area contributed by atoms with Crippen molar-refractivity contribution in [2.45, 2.75) is 25.5 Å². The molecule has 3 nitrogen and oxygen atoms in total. The van der Waals surface area contributed by atoms with E-state index < -0.39 is 16.8 Å². The quantitative estimate of drug-likeness (QED) is 0.572. The van der Waals surface area contributed by atoms with Crippen LogP contribution in [-0.2, 0) is 26.1 Å². The van der Waals surface area contributed by atoms with E-state index in [-0.39, 0.29) is 5.75 Å². The van der Waals surface area contributed by atoms with Gasteiger partial charge < -0.3 is 4.74 Å². The summed E-state index contributed by atoms with van der Waals surface area (Å²) in [5.74, 6) is -0.0948. The number of carbonyl (C=O) groups excluding carboxylic acids is 1. The fourth-order valence-electron chi connectivity index (χ4n) is 1.32. The number of hydrogen-bond acceptors (Lipinski definition) is 3. The monoisotopic (exact) mass is 288 g/mol. The molecule has 0 aliphatic carbocycles. The van der Waals surface area contributed by atoms with Gasteiger partial charge in [0, 0.05) is 21.6 Å². The molecule has 1 unspecified atom stereocenters. The van der Waals surface area contributed by atoms with E-state index in [4.69, 9.17) is 16.3 Å². The number of rotatable bonds is 7. The first-order chi connectivity index (χ1) is 8.61. The molecule has 0 aliphatic heterocycles. The number of hydrogen-bond donors (Lipinski definition) is 0. The van der Waals surface area contributed by atoms with Crippen LogP contribution in [0.3, 0.4) is 0 Å². The van der Waals surface area contributed by atoms with E-state index in [2.05, 4.69) is 0 Å². The first-order valence-electron chi connectivity index (χ1n) is 5.87. The van der Waals surface area contributed by atoms with Crippen LogP contribution in [-0.4, -0.2) is 22.5 Å². The van der Waals surface area contributed by atoms with Crippen molar-refractivity contribution < 1.29 is 13.7 Å². The van der Waals surface area contributed by atoms with E-state index in [9.17, 15) is 9.00 Å². The van der Waals surface area contributed by atoms with Crippen molar-refractivity contribution in [1.82, 2.24) is 0 Å². The summed E-state index contributed by atoms with van der Waals surface area (Å²) >= 11 is 5.75. The molecule has 1 atom stereocenters. The lowest BCUT2D eigenvalue weighted by molar-refractivity contribution is -0.140. The van der Waals surface area contributed by atoms with Gasteiger partial charge in [0.05, 0.1) is 6.61 Å². The Hall–Kier alpha value is -0.870. The molecular weight excluding hydrogens is 272 g/mol. The zero-order valence-electron chi connectivity index (χ0n) is 10.4. The number of benzene rings is 1. The third kappa shape index (κ3) is 6.17. The minimum absolute atomic E-state index is 0.0493. The van der Waals surface area contributed by atoms with E-state index in [1.54, 1.807) is 12.1 Å². The third-order valence-corrected chi connectivity index (χ3v) is 3.75. The number of esters is 1. The molecule has 100 valence electrons. The molecule has 1 rings (SSSR count). The van der Waals surface area contributed by atoms with Gasteiger partial charge in [-0.25, -0.2) is 0 Å². The van der Waals surface area contributed by atoms with E-state index in [0.717, 1.165) is 18.4 Å². The molecule has 0 radical (unpaired) electrons. The molecule has 0 N–H and O–H groups in total. The third-order valence-electron chi connectivity index (χ3n) is 2.28. The molecule has 1 aromatic carbocycles. The first kappa shape index (κ1) is 15.2. The highest BCUT2D eigenvalue weighted by Crippen LogP contribution is 2.11. The molecular formula is C13H17ClO3S. The normalized spacial score (nSPS) is 12.1. The summed E-state index contributed by atoms with van der Waals surface area (Å²) in [6.07, 6.45) is 1.82. The van der Waals surface area contributed by atoms with Crippen LogP contribution < -0.4 is 0 Å². The van der Waals surface area contributed by atoms with Gasteiger partial charge in [0.25, 0.3) is 0 Å². The fourth-order valence-corrected chi connectivity index (χ4v) is 2.46. The van der Waals surface area contributed by atoms with Gasteiger partial charge in [-0.05, 0) is 24.1 Å². The van der Waals surface area contributed by atoms with Gasteiger partial charge >= 0.3 is 5.97 Å². The molecule has 0 heterocycles. The second-order valence-corrected chi connectivity index (χ2v) is 5.82. The Morgan fingerprint density at radius 2 is 2.00 bits per heavy atom.